The number of amides is 1. The molecule has 4 nitrogen and oxygen atoms in total. The number of carbonyl (C=O) groups is 2. The van der Waals surface area contributed by atoms with E-state index >= 15 is 0 Å². The van der Waals surface area contributed by atoms with Crippen molar-refractivity contribution in [3.63, 3.8) is 0 Å². The lowest BCUT2D eigenvalue weighted by atomic mass is 9.96. The van der Waals surface area contributed by atoms with Gasteiger partial charge in [0.15, 0.2) is 11.7 Å². The van der Waals surface area contributed by atoms with Crippen LogP contribution in [0.1, 0.15) is 21.5 Å². The summed E-state index contributed by atoms with van der Waals surface area (Å²) in [6.07, 6.45) is -4.62. The Morgan fingerprint density at radius 1 is 1.08 bits per heavy atom. The smallest absolute Gasteiger partial charge is 0.350 e. The summed E-state index contributed by atoms with van der Waals surface area (Å²) in [5, 5.41) is 11.5. The molecule has 1 N–H and O–H groups in total. The molecule has 2 aromatic rings. The van der Waals surface area contributed by atoms with Crippen molar-refractivity contribution in [2.45, 2.75) is 12.7 Å². The Hall–Kier alpha value is -3.14. The lowest BCUT2D eigenvalue weighted by Crippen LogP contribution is -2.34. The minimum absolute atomic E-state index is 0.105. The van der Waals surface area contributed by atoms with Crippen molar-refractivity contribution in [3.8, 4) is 6.07 Å². The van der Waals surface area contributed by atoms with Gasteiger partial charge in [-0.25, -0.2) is 0 Å². The topological polar surface area (TPSA) is 70.0 Å². The maximum atomic E-state index is 12.7. The molecular weight excluding hydrogens is 333 g/mol. The lowest BCUT2D eigenvalue weighted by Gasteiger charge is -2.11. The third-order valence-electron chi connectivity index (χ3n) is 3.44. The van der Waals surface area contributed by atoms with E-state index in [2.05, 4.69) is 5.32 Å². The van der Waals surface area contributed by atoms with Crippen molar-refractivity contribution in [2.75, 3.05) is 0 Å². The van der Waals surface area contributed by atoms with Crippen molar-refractivity contribution >= 4 is 11.7 Å². The fourth-order valence-corrected chi connectivity index (χ4v) is 2.14. The highest BCUT2D eigenvalue weighted by atomic mass is 19.4. The summed E-state index contributed by atoms with van der Waals surface area (Å²) < 4.78 is 38.2. The number of nitriles is 1. The zero-order valence-corrected chi connectivity index (χ0v) is 12.9. The van der Waals surface area contributed by atoms with Gasteiger partial charge in [-0.05, 0) is 17.7 Å². The molecule has 0 saturated carbocycles. The summed E-state index contributed by atoms with van der Waals surface area (Å²) in [6, 6.07) is 14.0. The molecule has 0 aliphatic rings. The number of benzene rings is 2. The largest absolute Gasteiger partial charge is 0.416 e. The van der Waals surface area contributed by atoms with Gasteiger partial charge in [-0.15, -0.1) is 0 Å². The molecule has 0 aliphatic carbocycles. The van der Waals surface area contributed by atoms with Crippen LogP contribution in [0, 0.1) is 17.2 Å². The first-order valence-corrected chi connectivity index (χ1v) is 7.25. The zero-order chi connectivity index (χ0) is 18.4. The number of halogens is 3. The van der Waals surface area contributed by atoms with E-state index in [0.717, 1.165) is 23.8 Å². The number of rotatable bonds is 5. The summed E-state index contributed by atoms with van der Waals surface area (Å²) in [4.78, 5) is 24.3. The molecule has 128 valence electrons. The molecule has 1 amide bonds. The Kier molecular flexibility index (Phi) is 5.55. The van der Waals surface area contributed by atoms with E-state index in [-0.39, 0.29) is 12.1 Å². The average molecular weight is 346 g/mol. The van der Waals surface area contributed by atoms with Crippen LogP contribution < -0.4 is 5.32 Å². The van der Waals surface area contributed by atoms with Gasteiger partial charge in [0.2, 0.25) is 5.91 Å². The Morgan fingerprint density at radius 3 is 2.36 bits per heavy atom. The van der Waals surface area contributed by atoms with Gasteiger partial charge in [-0.1, -0.05) is 42.5 Å². The van der Waals surface area contributed by atoms with Gasteiger partial charge in [-0.2, -0.15) is 18.4 Å². The molecule has 25 heavy (non-hydrogen) atoms. The highest BCUT2D eigenvalue weighted by Gasteiger charge is 2.33. The fraction of sp³-hybridized carbons (Fsp3) is 0.167. The van der Waals surface area contributed by atoms with Crippen molar-refractivity contribution in [1.29, 1.82) is 5.26 Å². The molecule has 0 radical (unpaired) electrons. The molecule has 0 aromatic heterocycles. The molecule has 2 rings (SSSR count). The summed E-state index contributed by atoms with van der Waals surface area (Å²) >= 11 is 0. The van der Waals surface area contributed by atoms with E-state index in [1.807, 2.05) is 0 Å². The predicted octanol–water partition coefficient (Wildman–Crippen LogP) is 3.34. The van der Waals surface area contributed by atoms with Gasteiger partial charge in [0.25, 0.3) is 0 Å². The van der Waals surface area contributed by atoms with Gasteiger partial charge in [0.1, 0.15) is 0 Å². The van der Waals surface area contributed by atoms with Gasteiger partial charge in [0, 0.05) is 12.1 Å². The first-order chi connectivity index (χ1) is 11.8. The van der Waals surface area contributed by atoms with Crippen LogP contribution in [0.5, 0.6) is 0 Å². The van der Waals surface area contributed by atoms with Crippen LogP contribution in [0.15, 0.2) is 54.6 Å². The monoisotopic (exact) mass is 346 g/mol. The number of carbonyl (C=O) groups excluding carboxylic acids is 2. The van der Waals surface area contributed by atoms with Crippen LogP contribution in [0.2, 0.25) is 0 Å². The average Bonchev–Trinajstić information content (AvgIpc) is 2.60. The molecule has 0 aliphatic heterocycles. The Bertz CT molecular complexity index is 811. The number of Topliss-reactive ketones (excluding diaryl/α,β-unsaturated/α-hetero) is 1. The normalized spacial score (nSPS) is 12.1. The zero-order valence-electron chi connectivity index (χ0n) is 12.9. The van der Waals surface area contributed by atoms with Crippen LogP contribution in [0.3, 0.4) is 0 Å². The second-order valence-corrected chi connectivity index (χ2v) is 5.21. The highest BCUT2D eigenvalue weighted by molar-refractivity contribution is 6.12. The molecule has 2 aromatic carbocycles. The number of hydrogen-bond acceptors (Lipinski definition) is 3. The maximum absolute atomic E-state index is 12.7. The molecule has 0 saturated heterocycles. The van der Waals surface area contributed by atoms with E-state index in [1.54, 1.807) is 36.4 Å². The highest BCUT2D eigenvalue weighted by Crippen LogP contribution is 2.30. The van der Waals surface area contributed by atoms with Crippen LogP contribution >= 0.6 is 0 Å². The Labute approximate surface area is 141 Å². The molecule has 0 bridgehead atoms. The maximum Gasteiger partial charge on any atom is 0.416 e. The number of nitrogens with zero attached hydrogens (tertiary/aromatic N) is 1. The molecular formula is C18H13F3N2O2. The lowest BCUT2D eigenvalue weighted by molar-refractivity contribution is -0.137. The number of ketones is 1. The number of hydrogen-bond donors (Lipinski definition) is 1. The molecule has 0 heterocycles. The van der Waals surface area contributed by atoms with Crippen LogP contribution in [0.4, 0.5) is 13.2 Å². The first-order valence-electron chi connectivity index (χ1n) is 7.25. The van der Waals surface area contributed by atoms with Gasteiger partial charge in [0.05, 0.1) is 11.6 Å². The van der Waals surface area contributed by atoms with E-state index in [4.69, 9.17) is 5.26 Å². The number of alkyl halides is 3. The van der Waals surface area contributed by atoms with Gasteiger partial charge >= 0.3 is 6.18 Å². The summed E-state index contributed by atoms with van der Waals surface area (Å²) in [5.41, 5.74) is -0.588. The van der Waals surface area contributed by atoms with Crippen molar-refractivity contribution < 1.29 is 22.8 Å². The van der Waals surface area contributed by atoms with E-state index in [9.17, 15) is 22.8 Å². The second kappa shape index (κ2) is 7.62. The quantitative estimate of drug-likeness (QED) is 0.667. The van der Waals surface area contributed by atoms with E-state index in [0.29, 0.717) is 6.07 Å². The molecule has 0 spiro atoms. The van der Waals surface area contributed by atoms with E-state index < -0.39 is 29.3 Å². The van der Waals surface area contributed by atoms with Gasteiger partial charge < -0.3 is 5.32 Å². The predicted molar refractivity (Wildman–Crippen MR) is 83.2 cm³/mol. The molecule has 7 heteroatoms. The van der Waals surface area contributed by atoms with Crippen molar-refractivity contribution in [1.82, 2.24) is 5.32 Å². The Morgan fingerprint density at radius 2 is 1.76 bits per heavy atom. The standard InChI is InChI=1S/C18H13F3N2O2/c19-18(20,21)14-8-4-7-13(9-14)16(24)15(10-22)17(25)23-11-12-5-2-1-3-6-12/h1-9,15H,11H2,(H,23,25)/t15-/m0/s1. The Balaban J connectivity index is 2.13. The van der Waals surface area contributed by atoms with Gasteiger partial charge in [-0.3, -0.25) is 9.59 Å². The second-order valence-electron chi connectivity index (χ2n) is 5.21. The molecule has 0 unspecified atom stereocenters. The first kappa shape index (κ1) is 18.2. The third kappa shape index (κ3) is 4.67. The van der Waals surface area contributed by atoms with Crippen LogP contribution in [-0.4, -0.2) is 11.7 Å². The molecule has 1 atom stereocenters. The minimum Gasteiger partial charge on any atom is -0.350 e. The molecule has 0 fully saturated rings. The SMILES string of the molecule is N#C[C@H](C(=O)NCc1ccccc1)C(=O)c1cccc(C(F)(F)F)c1. The summed E-state index contributed by atoms with van der Waals surface area (Å²) in [6.45, 7) is 0.105. The number of nitrogens with one attached hydrogen (secondary N) is 1. The third-order valence-corrected chi connectivity index (χ3v) is 3.44. The van der Waals surface area contributed by atoms with Crippen LogP contribution in [-0.2, 0) is 17.5 Å². The van der Waals surface area contributed by atoms with Crippen LogP contribution in [0.25, 0.3) is 0 Å². The fourth-order valence-electron chi connectivity index (χ4n) is 2.14. The van der Waals surface area contributed by atoms with Crippen molar-refractivity contribution in [3.05, 3.63) is 71.3 Å². The summed E-state index contributed by atoms with van der Waals surface area (Å²) in [7, 11) is 0. The van der Waals surface area contributed by atoms with E-state index in [1.165, 1.54) is 0 Å². The minimum atomic E-state index is -4.62. The van der Waals surface area contributed by atoms with Crippen molar-refractivity contribution in [2.24, 2.45) is 5.92 Å². The summed E-state index contributed by atoms with van der Waals surface area (Å²) in [5.74, 6) is -3.54.